The van der Waals surface area contributed by atoms with E-state index in [9.17, 15) is 9.59 Å². The Kier molecular flexibility index (Phi) is 3.47. The third-order valence-electron chi connectivity index (χ3n) is 4.90. The molecule has 4 heteroatoms. The Morgan fingerprint density at radius 2 is 1.90 bits per heavy atom. The summed E-state index contributed by atoms with van der Waals surface area (Å²) in [5.41, 5.74) is 1.13. The largest absolute Gasteiger partial charge is 0.342 e. The van der Waals surface area contributed by atoms with Gasteiger partial charge in [-0.1, -0.05) is 37.3 Å². The van der Waals surface area contributed by atoms with Gasteiger partial charge < -0.3 is 10.2 Å². The van der Waals surface area contributed by atoms with Crippen LogP contribution in [0.3, 0.4) is 0 Å². The number of nitrogens with one attached hydrogen (secondary N) is 1. The average molecular weight is 286 g/mol. The molecule has 1 heterocycles. The van der Waals surface area contributed by atoms with Gasteiger partial charge in [-0.25, -0.2) is 0 Å². The normalized spacial score (nSPS) is 27.4. The van der Waals surface area contributed by atoms with Crippen LogP contribution in [-0.2, 0) is 9.59 Å². The van der Waals surface area contributed by atoms with E-state index in [4.69, 9.17) is 0 Å². The van der Waals surface area contributed by atoms with Crippen LogP contribution in [0.15, 0.2) is 30.3 Å². The van der Waals surface area contributed by atoms with E-state index in [0.29, 0.717) is 6.54 Å². The number of hydrogen-bond donors (Lipinski definition) is 1. The van der Waals surface area contributed by atoms with Gasteiger partial charge in [-0.3, -0.25) is 9.59 Å². The third kappa shape index (κ3) is 2.55. The summed E-state index contributed by atoms with van der Waals surface area (Å²) in [5, 5.41) is 2.80. The van der Waals surface area contributed by atoms with Crippen molar-refractivity contribution in [2.45, 2.75) is 45.2 Å². The SMILES string of the molecule is CCC1(CN2C(=O)C(C)NC(=O)C2c2ccccc2)CC1. The van der Waals surface area contributed by atoms with Crippen LogP contribution < -0.4 is 5.32 Å². The van der Waals surface area contributed by atoms with Crippen molar-refractivity contribution in [2.24, 2.45) is 5.41 Å². The van der Waals surface area contributed by atoms with Gasteiger partial charge in [0.05, 0.1) is 0 Å². The molecule has 2 amide bonds. The van der Waals surface area contributed by atoms with E-state index in [2.05, 4.69) is 12.2 Å². The molecule has 4 nitrogen and oxygen atoms in total. The Hall–Kier alpha value is -1.84. The van der Waals surface area contributed by atoms with Crippen LogP contribution in [0, 0.1) is 5.41 Å². The molecular formula is C17H22N2O2. The molecule has 2 aliphatic rings. The lowest BCUT2D eigenvalue weighted by Crippen LogP contribution is -2.59. The first-order valence-electron chi connectivity index (χ1n) is 7.72. The molecule has 21 heavy (non-hydrogen) atoms. The Balaban J connectivity index is 1.93. The second kappa shape index (κ2) is 5.17. The molecule has 1 aliphatic carbocycles. The highest BCUT2D eigenvalue weighted by molar-refractivity contribution is 5.97. The molecule has 2 atom stereocenters. The molecule has 112 valence electrons. The van der Waals surface area contributed by atoms with E-state index in [0.717, 1.165) is 24.8 Å². The van der Waals surface area contributed by atoms with E-state index in [1.807, 2.05) is 30.3 Å². The van der Waals surface area contributed by atoms with Gasteiger partial charge in [0.2, 0.25) is 11.8 Å². The Bertz CT molecular complexity index is 551. The summed E-state index contributed by atoms with van der Waals surface area (Å²) < 4.78 is 0. The van der Waals surface area contributed by atoms with Gasteiger partial charge in [0.15, 0.2) is 0 Å². The van der Waals surface area contributed by atoms with Gasteiger partial charge in [0.1, 0.15) is 12.1 Å². The van der Waals surface area contributed by atoms with Gasteiger partial charge in [0.25, 0.3) is 0 Å². The van der Waals surface area contributed by atoms with Crippen LogP contribution >= 0.6 is 0 Å². The highest BCUT2D eigenvalue weighted by Crippen LogP contribution is 2.50. The molecule has 1 aromatic rings. The van der Waals surface area contributed by atoms with Crippen LogP contribution in [0.4, 0.5) is 0 Å². The predicted octanol–water partition coefficient (Wildman–Crippen LogP) is 2.26. The smallest absolute Gasteiger partial charge is 0.248 e. The van der Waals surface area contributed by atoms with Crippen molar-refractivity contribution in [1.82, 2.24) is 10.2 Å². The zero-order chi connectivity index (χ0) is 15.0. The number of rotatable bonds is 4. The molecule has 1 saturated carbocycles. The summed E-state index contributed by atoms with van der Waals surface area (Å²) in [7, 11) is 0. The molecular weight excluding hydrogens is 264 g/mol. The molecule has 3 rings (SSSR count). The van der Waals surface area contributed by atoms with Crippen LogP contribution in [0.25, 0.3) is 0 Å². The highest BCUT2D eigenvalue weighted by atomic mass is 16.2. The number of piperazine rings is 1. The van der Waals surface area contributed by atoms with Gasteiger partial charge in [-0.05, 0) is 37.2 Å². The van der Waals surface area contributed by atoms with Crippen molar-refractivity contribution < 1.29 is 9.59 Å². The van der Waals surface area contributed by atoms with E-state index in [-0.39, 0.29) is 17.2 Å². The zero-order valence-electron chi connectivity index (χ0n) is 12.6. The van der Waals surface area contributed by atoms with E-state index in [1.165, 1.54) is 0 Å². The molecule has 1 N–H and O–H groups in total. The van der Waals surface area contributed by atoms with E-state index in [1.54, 1.807) is 11.8 Å². The summed E-state index contributed by atoms with van der Waals surface area (Å²) >= 11 is 0. The minimum Gasteiger partial charge on any atom is -0.342 e. The number of hydrogen-bond acceptors (Lipinski definition) is 2. The minimum absolute atomic E-state index is 0.0307. The standard InChI is InChI=1S/C17H22N2O2/c1-3-17(9-10-17)11-19-14(13-7-5-4-6-8-13)15(20)18-12(2)16(19)21/h4-8,12,14H,3,9-11H2,1-2H3,(H,18,20). The van der Waals surface area contributed by atoms with Crippen LogP contribution in [0.1, 0.15) is 44.7 Å². The fourth-order valence-electron chi connectivity index (χ4n) is 3.17. The minimum atomic E-state index is -0.487. The molecule has 1 saturated heterocycles. The summed E-state index contributed by atoms with van der Waals surface area (Å²) in [6.45, 7) is 4.63. The summed E-state index contributed by atoms with van der Waals surface area (Å²) in [4.78, 5) is 26.8. The first-order valence-corrected chi connectivity index (χ1v) is 7.72. The predicted molar refractivity (Wildman–Crippen MR) is 80.5 cm³/mol. The average Bonchev–Trinajstić information content (AvgIpc) is 3.26. The summed E-state index contributed by atoms with van der Waals surface area (Å²) in [6, 6.07) is 8.68. The molecule has 0 bridgehead atoms. The monoisotopic (exact) mass is 286 g/mol. The van der Waals surface area contributed by atoms with Gasteiger partial charge in [0, 0.05) is 6.54 Å². The Labute approximate surface area is 125 Å². The lowest BCUT2D eigenvalue weighted by Gasteiger charge is -2.40. The molecule has 1 aromatic carbocycles. The maximum Gasteiger partial charge on any atom is 0.248 e. The second-order valence-corrected chi connectivity index (χ2v) is 6.36. The Morgan fingerprint density at radius 3 is 2.48 bits per heavy atom. The quantitative estimate of drug-likeness (QED) is 0.923. The van der Waals surface area contributed by atoms with Crippen molar-refractivity contribution >= 4 is 11.8 Å². The first-order chi connectivity index (χ1) is 10.1. The molecule has 2 fully saturated rings. The van der Waals surface area contributed by atoms with Crippen molar-refractivity contribution in [2.75, 3.05) is 6.54 Å². The number of nitrogens with zero attached hydrogens (tertiary/aromatic N) is 1. The summed E-state index contributed by atoms with van der Waals surface area (Å²) in [5.74, 6) is -0.0385. The van der Waals surface area contributed by atoms with Crippen LogP contribution in [-0.4, -0.2) is 29.3 Å². The third-order valence-corrected chi connectivity index (χ3v) is 4.90. The fourth-order valence-corrected chi connectivity index (χ4v) is 3.17. The Morgan fingerprint density at radius 1 is 1.24 bits per heavy atom. The summed E-state index contributed by atoms with van der Waals surface area (Å²) in [6.07, 6.45) is 3.38. The fraction of sp³-hybridized carbons (Fsp3) is 0.529. The van der Waals surface area contributed by atoms with Crippen molar-refractivity contribution in [3.05, 3.63) is 35.9 Å². The van der Waals surface area contributed by atoms with Crippen LogP contribution in [0.5, 0.6) is 0 Å². The number of carbonyl (C=O) groups excluding carboxylic acids is 2. The van der Waals surface area contributed by atoms with Gasteiger partial charge in [-0.2, -0.15) is 0 Å². The maximum absolute atomic E-state index is 12.6. The molecule has 1 aliphatic heterocycles. The van der Waals surface area contributed by atoms with Gasteiger partial charge in [-0.15, -0.1) is 0 Å². The number of benzene rings is 1. The first kappa shape index (κ1) is 14.1. The second-order valence-electron chi connectivity index (χ2n) is 6.36. The molecule has 0 radical (unpaired) electrons. The lowest BCUT2D eigenvalue weighted by atomic mass is 9.95. The highest BCUT2D eigenvalue weighted by Gasteiger charge is 2.48. The van der Waals surface area contributed by atoms with Crippen molar-refractivity contribution in [1.29, 1.82) is 0 Å². The maximum atomic E-state index is 12.6. The van der Waals surface area contributed by atoms with Gasteiger partial charge >= 0.3 is 0 Å². The van der Waals surface area contributed by atoms with E-state index < -0.39 is 12.1 Å². The van der Waals surface area contributed by atoms with Crippen molar-refractivity contribution in [3.63, 3.8) is 0 Å². The van der Waals surface area contributed by atoms with E-state index >= 15 is 0 Å². The van der Waals surface area contributed by atoms with Crippen molar-refractivity contribution in [3.8, 4) is 0 Å². The zero-order valence-corrected chi connectivity index (χ0v) is 12.6. The molecule has 0 spiro atoms. The molecule has 2 unspecified atom stereocenters. The molecule has 0 aromatic heterocycles. The number of amides is 2. The number of carbonyl (C=O) groups is 2. The van der Waals surface area contributed by atoms with Crippen LogP contribution in [0.2, 0.25) is 0 Å². The lowest BCUT2D eigenvalue weighted by molar-refractivity contribution is -0.150. The topological polar surface area (TPSA) is 49.4 Å².